The number of benzene rings is 1. The number of aliphatic hydroxyl groups is 1. The van der Waals surface area contributed by atoms with Gasteiger partial charge < -0.3 is 19.3 Å². The summed E-state index contributed by atoms with van der Waals surface area (Å²) in [6.07, 6.45) is 20.8. The summed E-state index contributed by atoms with van der Waals surface area (Å²) in [4.78, 5) is 0. The van der Waals surface area contributed by atoms with Gasteiger partial charge in [0.15, 0.2) is 0 Å². The normalized spacial score (nSPS) is 20.2. The van der Waals surface area contributed by atoms with E-state index in [1.54, 1.807) is 0 Å². The second-order valence-corrected chi connectivity index (χ2v) is 10.1. The van der Waals surface area contributed by atoms with Gasteiger partial charge in [0.05, 0.1) is 19.8 Å². The highest BCUT2D eigenvalue weighted by atomic mass is 16.6. The van der Waals surface area contributed by atoms with Gasteiger partial charge in [0.25, 0.3) is 0 Å². The van der Waals surface area contributed by atoms with Crippen LogP contribution in [0.2, 0.25) is 0 Å². The first-order valence-corrected chi connectivity index (χ1v) is 14.3. The van der Waals surface area contributed by atoms with E-state index in [0.717, 1.165) is 12.0 Å². The summed E-state index contributed by atoms with van der Waals surface area (Å²) in [7, 11) is 0. The molecule has 1 aliphatic heterocycles. The number of rotatable bonds is 22. The zero-order valence-electron chi connectivity index (χ0n) is 21.9. The number of aliphatic hydroxyl groups excluding tert-OH is 1. The van der Waals surface area contributed by atoms with Crippen molar-refractivity contribution in [3.8, 4) is 0 Å². The van der Waals surface area contributed by atoms with Gasteiger partial charge in [0.2, 0.25) is 0 Å². The topological polar surface area (TPSA) is 47.9 Å². The number of hydrogen-bond donors (Lipinski definition) is 1. The van der Waals surface area contributed by atoms with Crippen molar-refractivity contribution in [1.82, 2.24) is 0 Å². The first-order valence-electron chi connectivity index (χ1n) is 14.3. The zero-order chi connectivity index (χ0) is 24.1. The molecule has 0 aliphatic carbocycles. The fourth-order valence-corrected chi connectivity index (χ4v) is 4.70. The van der Waals surface area contributed by atoms with Crippen LogP contribution < -0.4 is 0 Å². The molecule has 1 aliphatic rings. The fourth-order valence-electron chi connectivity index (χ4n) is 4.70. The van der Waals surface area contributed by atoms with E-state index in [1.807, 2.05) is 30.3 Å². The molecule has 1 saturated heterocycles. The molecule has 4 heteroatoms. The molecule has 0 saturated carbocycles. The Labute approximate surface area is 209 Å². The van der Waals surface area contributed by atoms with Crippen molar-refractivity contribution >= 4 is 0 Å². The van der Waals surface area contributed by atoms with Gasteiger partial charge in [-0.25, -0.2) is 0 Å². The minimum Gasteiger partial charge on any atom is -0.388 e. The van der Waals surface area contributed by atoms with Crippen LogP contribution >= 0.6 is 0 Å². The lowest BCUT2D eigenvalue weighted by atomic mass is 10.0. The molecule has 0 unspecified atom stereocenters. The molecular weight excluding hydrogens is 424 g/mol. The van der Waals surface area contributed by atoms with Crippen molar-refractivity contribution in [2.75, 3.05) is 19.8 Å². The molecular formula is C30H52O4. The van der Waals surface area contributed by atoms with Gasteiger partial charge >= 0.3 is 0 Å². The highest BCUT2D eigenvalue weighted by Crippen LogP contribution is 2.19. The van der Waals surface area contributed by atoms with Crippen molar-refractivity contribution in [1.29, 1.82) is 0 Å². The van der Waals surface area contributed by atoms with E-state index in [2.05, 4.69) is 6.92 Å². The predicted octanol–water partition coefficient (Wildman–Crippen LogP) is 7.61. The summed E-state index contributed by atoms with van der Waals surface area (Å²) in [6, 6.07) is 10.1. The van der Waals surface area contributed by atoms with Crippen LogP contribution in [0, 0.1) is 0 Å². The van der Waals surface area contributed by atoms with Crippen molar-refractivity contribution < 1.29 is 19.3 Å². The van der Waals surface area contributed by atoms with Crippen molar-refractivity contribution in [2.45, 2.75) is 135 Å². The Balaban J connectivity index is 1.32. The Kier molecular flexibility index (Phi) is 17.5. The SMILES string of the molecule is CCCCCCCCCCCCCCCCCCO[C@H]1CO[C@H](COCc2ccccc2)[C@H]1O. The van der Waals surface area contributed by atoms with Crippen LogP contribution in [-0.2, 0) is 20.8 Å². The Morgan fingerprint density at radius 3 is 1.85 bits per heavy atom. The van der Waals surface area contributed by atoms with Gasteiger partial charge in [0, 0.05) is 6.61 Å². The molecule has 34 heavy (non-hydrogen) atoms. The standard InChI is InChI=1S/C30H52O4/c1-2-3-4-5-6-7-8-9-10-11-12-13-14-15-16-20-23-33-29-26-34-28(30(29)31)25-32-24-27-21-18-17-19-22-27/h17-19,21-22,28-31H,2-16,20,23-26H2,1H3/t28-,29+,30-/m1/s1. The van der Waals surface area contributed by atoms with Crippen LogP contribution in [0.4, 0.5) is 0 Å². The van der Waals surface area contributed by atoms with Crippen LogP contribution in [0.5, 0.6) is 0 Å². The monoisotopic (exact) mass is 476 g/mol. The number of unbranched alkanes of at least 4 members (excludes halogenated alkanes) is 15. The Morgan fingerprint density at radius 2 is 1.29 bits per heavy atom. The van der Waals surface area contributed by atoms with E-state index in [9.17, 15) is 5.11 Å². The highest BCUT2D eigenvalue weighted by molar-refractivity contribution is 5.13. The minimum absolute atomic E-state index is 0.221. The Bertz CT molecular complexity index is 564. The van der Waals surface area contributed by atoms with Crippen LogP contribution in [-0.4, -0.2) is 43.2 Å². The van der Waals surface area contributed by atoms with E-state index in [-0.39, 0.29) is 12.2 Å². The molecule has 196 valence electrons. The predicted molar refractivity (Wildman–Crippen MR) is 141 cm³/mol. The van der Waals surface area contributed by atoms with Crippen LogP contribution in [0.25, 0.3) is 0 Å². The average molecular weight is 477 g/mol. The lowest BCUT2D eigenvalue weighted by Crippen LogP contribution is -2.35. The molecule has 1 N–H and O–H groups in total. The smallest absolute Gasteiger partial charge is 0.111 e. The minimum atomic E-state index is -0.600. The first kappa shape index (κ1) is 29.3. The van der Waals surface area contributed by atoms with Gasteiger partial charge in [0.1, 0.15) is 18.3 Å². The summed E-state index contributed by atoms with van der Waals surface area (Å²) in [6.45, 7) is 4.39. The van der Waals surface area contributed by atoms with Crippen molar-refractivity contribution in [3.63, 3.8) is 0 Å². The second-order valence-electron chi connectivity index (χ2n) is 10.1. The maximum atomic E-state index is 10.5. The molecule has 1 fully saturated rings. The molecule has 4 nitrogen and oxygen atoms in total. The van der Waals surface area contributed by atoms with E-state index in [1.165, 1.54) is 96.3 Å². The number of hydrogen-bond acceptors (Lipinski definition) is 4. The maximum absolute atomic E-state index is 10.5. The second kappa shape index (κ2) is 20.3. The van der Waals surface area contributed by atoms with E-state index >= 15 is 0 Å². The first-order chi connectivity index (χ1) is 16.8. The van der Waals surface area contributed by atoms with Crippen LogP contribution in [0.3, 0.4) is 0 Å². The molecule has 0 radical (unpaired) electrons. The van der Waals surface area contributed by atoms with Crippen molar-refractivity contribution in [2.24, 2.45) is 0 Å². The van der Waals surface area contributed by atoms with Gasteiger partial charge in [-0.05, 0) is 12.0 Å². The largest absolute Gasteiger partial charge is 0.388 e. The van der Waals surface area contributed by atoms with Gasteiger partial charge in [-0.2, -0.15) is 0 Å². The molecule has 1 heterocycles. The van der Waals surface area contributed by atoms with Gasteiger partial charge in [-0.15, -0.1) is 0 Å². The quantitative estimate of drug-likeness (QED) is 0.175. The Hall–Kier alpha value is -0.940. The molecule has 0 amide bonds. The van der Waals surface area contributed by atoms with Gasteiger partial charge in [-0.1, -0.05) is 134 Å². The summed E-state index contributed by atoms with van der Waals surface area (Å²) in [5.41, 5.74) is 1.13. The molecule has 2 rings (SSSR count). The third kappa shape index (κ3) is 13.8. The summed E-state index contributed by atoms with van der Waals surface area (Å²) in [5.74, 6) is 0. The molecule has 0 spiro atoms. The molecule has 1 aromatic rings. The molecule has 1 aromatic carbocycles. The lowest BCUT2D eigenvalue weighted by Gasteiger charge is -2.18. The molecule has 0 bridgehead atoms. The van der Waals surface area contributed by atoms with E-state index < -0.39 is 6.10 Å². The van der Waals surface area contributed by atoms with Crippen molar-refractivity contribution in [3.05, 3.63) is 35.9 Å². The average Bonchev–Trinajstić information content (AvgIpc) is 3.21. The van der Waals surface area contributed by atoms with Gasteiger partial charge in [-0.3, -0.25) is 0 Å². The van der Waals surface area contributed by atoms with E-state index in [0.29, 0.717) is 26.4 Å². The van der Waals surface area contributed by atoms with E-state index in [4.69, 9.17) is 14.2 Å². The summed E-state index contributed by atoms with van der Waals surface area (Å²) < 4.78 is 17.3. The van der Waals surface area contributed by atoms with Crippen LogP contribution in [0.15, 0.2) is 30.3 Å². The Morgan fingerprint density at radius 1 is 0.765 bits per heavy atom. The van der Waals surface area contributed by atoms with Crippen LogP contribution in [0.1, 0.15) is 115 Å². The third-order valence-electron chi connectivity index (χ3n) is 6.96. The zero-order valence-corrected chi connectivity index (χ0v) is 21.9. The summed E-state index contributed by atoms with van der Waals surface area (Å²) >= 11 is 0. The molecule has 0 aromatic heterocycles. The fraction of sp³-hybridized carbons (Fsp3) is 0.800. The summed E-state index contributed by atoms with van der Waals surface area (Å²) in [5, 5.41) is 10.5. The lowest BCUT2D eigenvalue weighted by molar-refractivity contribution is -0.0446. The molecule has 3 atom stereocenters. The maximum Gasteiger partial charge on any atom is 0.111 e. The number of ether oxygens (including phenoxy) is 3. The highest BCUT2D eigenvalue weighted by Gasteiger charge is 2.36. The third-order valence-corrected chi connectivity index (χ3v) is 6.96.